The molecule has 0 saturated heterocycles. The zero-order valence-corrected chi connectivity index (χ0v) is 12.6. The summed E-state index contributed by atoms with van der Waals surface area (Å²) in [5.74, 6) is 1.16. The fourth-order valence-electron chi connectivity index (χ4n) is 2.12. The minimum absolute atomic E-state index is 0.118. The Hall–Kier alpha value is -1.75. The first-order valence-corrected chi connectivity index (χ1v) is 7.30. The third kappa shape index (κ3) is 4.36. The normalized spacial score (nSPS) is 14.4. The summed E-state index contributed by atoms with van der Waals surface area (Å²) in [4.78, 5) is 12.2. The van der Waals surface area contributed by atoms with E-state index in [1.165, 1.54) is 0 Å². The van der Waals surface area contributed by atoms with Crippen molar-refractivity contribution in [1.82, 2.24) is 5.32 Å². The first kappa shape index (κ1) is 15.6. The molecule has 5 heteroatoms. The molecule has 0 saturated carbocycles. The van der Waals surface area contributed by atoms with Crippen LogP contribution in [0.2, 0.25) is 0 Å². The summed E-state index contributed by atoms with van der Waals surface area (Å²) in [5.41, 5.74) is 0.425. The minimum Gasteiger partial charge on any atom is -0.490 e. The maximum absolute atomic E-state index is 12.2. The Kier molecular flexibility index (Phi) is 5.07. The predicted octanol–water partition coefficient (Wildman–Crippen LogP) is 1.99. The van der Waals surface area contributed by atoms with Gasteiger partial charge in [-0.25, -0.2) is 0 Å². The molecule has 0 aromatic heterocycles. The summed E-state index contributed by atoms with van der Waals surface area (Å²) in [5, 5.41) is 11.9. The summed E-state index contributed by atoms with van der Waals surface area (Å²) < 4.78 is 11.1. The van der Waals surface area contributed by atoms with E-state index < -0.39 is 0 Å². The van der Waals surface area contributed by atoms with Crippen molar-refractivity contribution in [3.63, 3.8) is 0 Å². The lowest BCUT2D eigenvalue weighted by Crippen LogP contribution is -2.34. The number of aliphatic hydroxyl groups excluding tert-OH is 1. The van der Waals surface area contributed by atoms with Gasteiger partial charge in [0.15, 0.2) is 11.5 Å². The number of hydrogen-bond acceptors (Lipinski definition) is 4. The first-order chi connectivity index (χ1) is 10.0. The monoisotopic (exact) mass is 293 g/mol. The fourth-order valence-corrected chi connectivity index (χ4v) is 2.12. The number of carbonyl (C=O) groups excluding carboxylic acids is 1. The van der Waals surface area contributed by atoms with Crippen LogP contribution in [0, 0.1) is 5.41 Å². The second-order valence-electron chi connectivity index (χ2n) is 6.03. The van der Waals surface area contributed by atoms with E-state index in [0.717, 1.165) is 6.42 Å². The molecular formula is C16H23NO4. The van der Waals surface area contributed by atoms with Gasteiger partial charge in [-0.05, 0) is 30.0 Å². The van der Waals surface area contributed by atoms with Crippen LogP contribution in [-0.2, 0) is 0 Å². The molecule has 21 heavy (non-hydrogen) atoms. The maximum Gasteiger partial charge on any atom is 0.251 e. The highest BCUT2D eigenvalue weighted by Crippen LogP contribution is 2.30. The molecule has 2 rings (SSSR count). The summed E-state index contributed by atoms with van der Waals surface area (Å²) in [6.45, 7) is 5.89. The van der Waals surface area contributed by atoms with Crippen LogP contribution in [0.15, 0.2) is 18.2 Å². The number of nitrogens with one attached hydrogen (secondary N) is 1. The average molecular weight is 293 g/mol. The summed E-state index contributed by atoms with van der Waals surface area (Å²) in [6, 6.07) is 5.23. The lowest BCUT2D eigenvalue weighted by molar-refractivity contribution is 0.0927. The van der Waals surface area contributed by atoms with Crippen molar-refractivity contribution >= 4 is 5.91 Å². The highest BCUT2D eigenvalue weighted by molar-refractivity contribution is 5.94. The number of benzene rings is 1. The summed E-state index contributed by atoms with van der Waals surface area (Å²) in [6.07, 6.45) is 1.49. The molecule has 1 heterocycles. The fraction of sp³-hybridized carbons (Fsp3) is 0.562. The number of carbonyl (C=O) groups is 1. The SMILES string of the molecule is CC(C)(CCO)CNC(=O)c1ccc2c(c1)OCCCO2. The van der Waals surface area contributed by atoms with Crippen LogP contribution in [0.1, 0.15) is 37.0 Å². The Morgan fingerprint density at radius 2 is 2.00 bits per heavy atom. The van der Waals surface area contributed by atoms with Gasteiger partial charge in [0.05, 0.1) is 13.2 Å². The summed E-state index contributed by atoms with van der Waals surface area (Å²) >= 11 is 0. The van der Waals surface area contributed by atoms with Crippen LogP contribution in [-0.4, -0.2) is 37.4 Å². The van der Waals surface area contributed by atoms with Gasteiger partial charge >= 0.3 is 0 Å². The Bertz CT molecular complexity index is 499. The van der Waals surface area contributed by atoms with Gasteiger partial charge in [-0.15, -0.1) is 0 Å². The van der Waals surface area contributed by atoms with Gasteiger partial charge in [-0.1, -0.05) is 13.8 Å². The van der Waals surface area contributed by atoms with Crippen molar-refractivity contribution in [1.29, 1.82) is 0 Å². The number of ether oxygens (including phenoxy) is 2. The number of aliphatic hydroxyl groups is 1. The molecule has 0 atom stereocenters. The van der Waals surface area contributed by atoms with E-state index in [-0.39, 0.29) is 17.9 Å². The second-order valence-corrected chi connectivity index (χ2v) is 6.03. The lowest BCUT2D eigenvalue weighted by Gasteiger charge is -2.23. The molecule has 0 bridgehead atoms. The van der Waals surface area contributed by atoms with Gasteiger partial charge < -0.3 is 19.9 Å². The second kappa shape index (κ2) is 6.80. The quantitative estimate of drug-likeness (QED) is 0.871. The zero-order valence-electron chi connectivity index (χ0n) is 12.6. The predicted molar refractivity (Wildman–Crippen MR) is 79.9 cm³/mol. The van der Waals surface area contributed by atoms with Crippen LogP contribution in [0.3, 0.4) is 0 Å². The molecule has 1 aliphatic rings. The van der Waals surface area contributed by atoms with E-state index in [4.69, 9.17) is 14.6 Å². The van der Waals surface area contributed by atoms with Gasteiger partial charge in [0, 0.05) is 25.1 Å². The molecule has 0 aliphatic carbocycles. The van der Waals surface area contributed by atoms with Crippen molar-refractivity contribution in [2.24, 2.45) is 5.41 Å². The standard InChI is InChI=1S/C16H23NO4/c1-16(2,6-7-18)11-17-15(19)12-4-5-13-14(10-12)21-9-3-8-20-13/h4-5,10,18H,3,6-9,11H2,1-2H3,(H,17,19). The molecule has 2 N–H and O–H groups in total. The molecule has 0 fully saturated rings. The van der Waals surface area contributed by atoms with Gasteiger partial charge in [-0.2, -0.15) is 0 Å². The molecule has 1 aliphatic heterocycles. The zero-order chi connectivity index (χ0) is 15.3. The topological polar surface area (TPSA) is 67.8 Å². The van der Waals surface area contributed by atoms with Gasteiger partial charge in [0.25, 0.3) is 5.91 Å². The molecular weight excluding hydrogens is 270 g/mol. The van der Waals surface area contributed by atoms with Crippen LogP contribution in [0.4, 0.5) is 0 Å². The van der Waals surface area contributed by atoms with Gasteiger partial charge in [0.1, 0.15) is 0 Å². The third-order valence-corrected chi connectivity index (χ3v) is 3.53. The maximum atomic E-state index is 12.2. The highest BCUT2D eigenvalue weighted by Gasteiger charge is 2.19. The Morgan fingerprint density at radius 1 is 1.29 bits per heavy atom. The van der Waals surface area contributed by atoms with E-state index >= 15 is 0 Å². The Labute approximate surface area is 125 Å². The molecule has 1 amide bonds. The Balaban J connectivity index is 2.01. The molecule has 116 valence electrons. The number of fused-ring (bicyclic) bond motifs is 1. The van der Waals surface area contributed by atoms with E-state index in [2.05, 4.69) is 5.32 Å². The van der Waals surface area contributed by atoms with E-state index in [1.807, 2.05) is 13.8 Å². The lowest BCUT2D eigenvalue weighted by atomic mass is 9.89. The molecule has 0 radical (unpaired) electrons. The molecule has 5 nitrogen and oxygen atoms in total. The third-order valence-electron chi connectivity index (χ3n) is 3.53. The van der Waals surface area contributed by atoms with E-state index in [0.29, 0.717) is 43.2 Å². The van der Waals surface area contributed by atoms with Gasteiger partial charge in [-0.3, -0.25) is 4.79 Å². The van der Waals surface area contributed by atoms with E-state index in [1.54, 1.807) is 18.2 Å². The van der Waals surface area contributed by atoms with Crippen LogP contribution in [0.25, 0.3) is 0 Å². The van der Waals surface area contributed by atoms with Crippen molar-refractivity contribution in [3.8, 4) is 11.5 Å². The molecule has 1 aromatic carbocycles. The average Bonchev–Trinajstić information content (AvgIpc) is 2.69. The van der Waals surface area contributed by atoms with Crippen LogP contribution in [0.5, 0.6) is 11.5 Å². The summed E-state index contributed by atoms with van der Waals surface area (Å²) in [7, 11) is 0. The number of rotatable bonds is 5. The van der Waals surface area contributed by atoms with Crippen molar-refractivity contribution < 1.29 is 19.4 Å². The van der Waals surface area contributed by atoms with Crippen LogP contribution >= 0.6 is 0 Å². The van der Waals surface area contributed by atoms with E-state index in [9.17, 15) is 4.79 Å². The minimum atomic E-state index is -0.142. The highest BCUT2D eigenvalue weighted by atomic mass is 16.5. The molecule has 0 unspecified atom stereocenters. The smallest absolute Gasteiger partial charge is 0.251 e. The number of amides is 1. The molecule has 1 aromatic rings. The van der Waals surface area contributed by atoms with Crippen molar-refractivity contribution in [3.05, 3.63) is 23.8 Å². The van der Waals surface area contributed by atoms with Crippen LogP contribution < -0.4 is 14.8 Å². The van der Waals surface area contributed by atoms with Gasteiger partial charge in [0.2, 0.25) is 0 Å². The Morgan fingerprint density at radius 3 is 2.71 bits per heavy atom. The molecule has 0 spiro atoms. The van der Waals surface area contributed by atoms with Crippen molar-refractivity contribution in [2.75, 3.05) is 26.4 Å². The number of hydrogen-bond donors (Lipinski definition) is 2. The largest absolute Gasteiger partial charge is 0.490 e. The van der Waals surface area contributed by atoms with Crippen molar-refractivity contribution in [2.45, 2.75) is 26.7 Å². The first-order valence-electron chi connectivity index (χ1n) is 7.30.